The van der Waals surface area contributed by atoms with Crippen LogP contribution in [0.4, 0.5) is 0 Å². The smallest absolute Gasteiger partial charge is 0.272 e. The number of H-pyrrole nitrogens is 1. The van der Waals surface area contributed by atoms with E-state index in [0.717, 1.165) is 23.6 Å². The fraction of sp³-hybridized carbons (Fsp3) is 0.714. The first-order valence-corrected chi connectivity index (χ1v) is 6.90. The molecule has 3 rings (SSSR count). The Morgan fingerprint density at radius 2 is 2.32 bits per heavy atom. The summed E-state index contributed by atoms with van der Waals surface area (Å²) < 4.78 is 0. The van der Waals surface area contributed by atoms with E-state index in [2.05, 4.69) is 15.5 Å². The van der Waals surface area contributed by atoms with Gasteiger partial charge in [-0.1, -0.05) is 20.8 Å². The quantitative estimate of drug-likeness (QED) is 0.767. The number of nitrogens with zero attached hydrogens (tertiary/aromatic N) is 1. The van der Waals surface area contributed by atoms with Crippen LogP contribution in [0.2, 0.25) is 0 Å². The molecule has 1 fully saturated rings. The lowest BCUT2D eigenvalue weighted by atomic mass is 9.87. The third-order valence-corrected chi connectivity index (χ3v) is 4.41. The number of hydrogen-bond acceptors (Lipinski definition) is 3. The highest BCUT2D eigenvalue weighted by atomic mass is 16.3. The summed E-state index contributed by atoms with van der Waals surface area (Å²) in [6.07, 6.45) is 2.20. The number of rotatable bonds is 3. The maximum absolute atomic E-state index is 12.3. The van der Waals surface area contributed by atoms with Crippen molar-refractivity contribution in [1.29, 1.82) is 0 Å². The molecule has 0 spiro atoms. The predicted octanol–water partition coefficient (Wildman–Crippen LogP) is 1.21. The van der Waals surface area contributed by atoms with Gasteiger partial charge in [0, 0.05) is 17.2 Å². The predicted molar refractivity (Wildman–Crippen MR) is 70.9 cm³/mol. The number of aromatic nitrogens is 2. The van der Waals surface area contributed by atoms with E-state index in [9.17, 15) is 9.90 Å². The Morgan fingerprint density at radius 1 is 1.58 bits per heavy atom. The second kappa shape index (κ2) is 4.07. The zero-order valence-electron chi connectivity index (χ0n) is 11.7. The van der Waals surface area contributed by atoms with Crippen LogP contribution in [0.15, 0.2) is 0 Å². The summed E-state index contributed by atoms with van der Waals surface area (Å²) >= 11 is 0. The van der Waals surface area contributed by atoms with Crippen molar-refractivity contribution < 1.29 is 9.90 Å². The second-order valence-corrected chi connectivity index (χ2v) is 6.85. The minimum Gasteiger partial charge on any atom is -0.394 e. The van der Waals surface area contributed by atoms with E-state index < -0.39 is 0 Å². The van der Waals surface area contributed by atoms with Gasteiger partial charge in [-0.25, -0.2) is 0 Å². The number of carbonyl (C=O) groups is 1. The Bertz CT molecular complexity index is 515. The van der Waals surface area contributed by atoms with Crippen LogP contribution in [0.3, 0.4) is 0 Å². The molecule has 2 aliphatic rings. The molecule has 19 heavy (non-hydrogen) atoms. The van der Waals surface area contributed by atoms with Gasteiger partial charge in [0.05, 0.1) is 12.6 Å². The van der Waals surface area contributed by atoms with Gasteiger partial charge in [0.1, 0.15) is 0 Å². The number of aliphatic hydroxyl groups is 1. The lowest BCUT2D eigenvalue weighted by Gasteiger charge is -2.29. The number of nitrogens with one attached hydrogen (secondary N) is 2. The minimum absolute atomic E-state index is 0.0624. The Balaban J connectivity index is 1.76. The number of hydrogen-bond donors (Lipinski definition) is 3. The van der Waals surface area contributed by atoms with Crippen LogP contribution < -0.4 is 5.32 Å². The average Bonchev–Trinajstić information content (AvgIpc) is 2.82. The van der Waals surface area contributed by atoms with Gasteiger partial charge in [0.25, 0.3) is 5.91 Å². The van der Waals surface area contributed by atoms with Crippen molar-refractivity contribution in [3.8, 4) is 0 Å². The molecule has 0 aromatic carbocycles. The van der Waals surface area contributed by atoms with Gasteiger partial charge < -0.3 is 10.4 Å². The molecule has 1 amide bonds. The first-order chi connectivity index (χ1) is 8.91. The minimum atomic E-state index is -0.261. The molecule has 5 heteroatoms. The summed E-state index contributed by atoms with van der Waals surface area (Å²) in [6, 6.07) is -0.261. The topological polar surface area (TPSA) is 78.0 Å². The Morgan fingerprint density at radius 3 is 2.95 bits per heavy atom. The van der Waals surface area contributed by atoms with Crippen LogP contribution in [0.1, 0.15) is 54.9 Å². The van der Waals surface area contributed by atoms with Crippen LogP contribution in [-0.2, 0) is 6.42 Å². The van der Waals surface area contributed by atoms with Crippen molar-refractivity contribution in [2.24, 2.45) is 11.3 Å². The molecule has 0 radical (unpaired) electrons. The zero-order valence-corrected chi connectivity index (χ0v) is 11.7. The standard InChI is InChI=1S/C14H21N3O2/c1-14(2,3)10(6-18)15-13(19)12-9-5-7-4-8(7)11(9)16-17-12/h7-8,10,18H,4-6H2,1-3H3,(H,15,19)(H,16,17)/t7?,8?,10-/m1/s1. The highest BCUT2D eigenvalue weighted by Crippen LogP contribution is 2.55. The molecule has 5 nitrogen and oxygen atoms in total. The normalized spacial score (nSPS) is 25.7. The van der Waals surface area contributed by atoms with E-state index in [0.29, 0.717) is 11.6 Å². The molecule has 0 aliphatic heterocycles. The Hall–Kier alpha value is -1.36. The summed E-state index contributed by atoms with van der Waals surface area (Å²) in [5.41, 5.74) is 2.59. The largest absolute Gasteiger partial charge is 0.394 e. The molecule has 0 bridgehead atoms. The first-order valence-electron chi connectivity index (χ1n) is 6.90. The molecule has 104 valence electrons. The van der Waals surface area contributed by atoms with Crippen LogP contribution >= 0.6 is 0 Å². The molecule has 0 saturated heterocycles. The number of aliphatic hydroxyl groups excluding tert-OH is 1. The van der Waals surface area contributed by atoms with Crippen LogP contribution in [0, 0.1) is 11.3 Å². The average molecular weight is 263 g/mol. The highest BCUT2D eigenvalue weighted by molar-refractivity contribution is 5.94. The lowest BCUT2D eigenvalue weighted by Crippen LogP contribution is -2.46. The molecule has 2 unspecified atom stereocenters. The fourth-order valence-corrected chi connectivity index (χ4v) is 2.93. The van der Waals surface area contributed by atoms with Crippen molar-refractivity contribution in [1.82, 2.24) is 15.5 Å². The van der Waals surface area contributed by atoms with E-state index in [-0.39, 0.29) is 24.0 Å². The van der Waals surface area contributed by atoms with Crippen LogP contribution in [0.5, 0.6) is 0 Å². The first kappa shape index (κ1) is 12.7. The lowest BCUT2D eigenvalue weighted by molar-refractivity contribution is 0.0842. The van der Waals surface area contributed by atoms with E-state index in [4.69, 9.17) is 0 Å². The molecule has 3 atom stereocenters. The molecule has 1 aromatic heterocycles. The fourth-order valence-electron chi connectivity index (χ4n) is 2.93. The number of amides is 1. The maximum Gasteiger partial charge on any atom is 0.272 e. The number of fused-ring (bicyclic) bond motifs is 3. The van der Waals surface area contributed by atoms with Crippen LogP contribution in [-0.4, -0.2) is 33.9 Å². The van der Waals surface area contributed by atoms with Crippen molar-refractivity contribution in [3.63, 3.8) is 0 Å². The van der Waals surface area contributed by atoms with Gasteiger partial charge in [-0.05, 0) is 24.2 Å². The van der Waals surface area contributed by atoms with Gasteiger partial charge in [-0.3, -0.25) is 9.89 Å². The second-order valence-electron chi connectivity index (χ2n) is 6.85. The van der Waals surface area contributed by atoms with E-state index in [1.54, 1.807) is 0 Å². The summed E-state index contributed by atoms with van der Waals surface area (Å²) in [7, 11) is 0. The third-order valence-electron chi connectivity index (χ3n) is 4.41. The van der Waals surface area contributed by atoms with Gasteiger partial charge >= 0.3 is 0 Å². The van der Waals surface area contributed by atoms with E-state index in [1.165, 1.54) is 6.42 Å². The summed E-state index contributed by atoms with van der Waals surface area (Å²) in [4.78, 5) is 12.3. The summed E-state index contributed by atoms with van der Waals surface area (Å²) in [6.45, 7) is 5.93. The summed E-state index contributed by atoms with van der Waals surface area (Å²) in [5.74, 6) is 1.17. The summed E-state index contributed by atoms with van der Waals surface area (Å²) in [5, 5.41) is 19.5. The van der Waals surface area contributed by atoms with Gasteiger partial charge in [-0.2, -0.15) is 5.10 Å². The molecular formula is C14H21N3O2. The van der Waals surface area contributed by atoms with Crippen LogP contribution in [0.25, 0.3) is 0 Å². The van der Waals surface area contributed by atoms with Crippen molar-refractivity contribution in [3.05, 3.63) is 17.0 Å². The molecule has 1 aromatic rings. The molecule has 2 aliphatic carbocycles. The highest BCUT2D eigenvalue weighted by Gasteiger charge is 2.48. The van der Waals surface area contributed by atoms with Gasteiger partial charge in [-0.15, -0.1) is 0 Å². The molecule has 1 heterocycles. The monoisotopic (exact) mass is 263 g/mol. The van der Waals surface area contributed by atoms with Crippen molar-refractivity contribution in [2.75, 3.05) is 6.61 Å². The van der Waals surface area contributed by atoms with Gasteiger partial charge in [0.2, 0.25) is 0 Å². The third kappa shape index (κ3) is 2.06. The molecule has 1 saturated carbocycles. The van der Waals surface area contributed by atoms with Gasteiger partial charge in [0.15, 0.2) is 5.69 Å². The van der Waals surface area contributed by atoms with E-state index in [1.807, 2.05) is 20.8 Å². The SMILES string of the molecule is CC(C)(C)[C@@H](CO)NC(=O)c1n[nH]c2c1CC1CC21. The van der Waals surface area contributed by atoms with E-state index >= 15 is 0 Å². The van der Waals surface area contributed by atoms with Crippen molar-refractivity contribution in [2.45, 2.75) is 45.6 Å². The molecular weight excluding hydrogens is 242 g/mol. The number of aromatic amines is 1. The number of carbonyl (C=O) groups excluding carboxylic acids is 1. The Kier molecular flexibility index (Phi) is 2.71. The maximum atomic E-state index is 12.3. The Labute approximate surface area is 112 Å². The molecule has 3 N–H and O–H groups in total. The van der Waals surface area contributed by atoms with Crippen molar-refractivity contribution >= 4 is 5.91 Å². The zero-order chi connectivity index (χ0) is 13.8.